The maximum absolute atomic E-state index is 11.8. The second kappa shape index (κ2) is 7.19. The van der Waals surface area contributed by atoms with Gasteiger partial charge in [0, 0.05) is 23.7 Å². The van der Waals surface area contributed by atoms with Crippen LogP contribution in [0, 0.1) is 13.8 Å². The van der Waals surface area contributed by atoms with Gasteiger partial charge in [-0.05, 0) is 40.5 Å². The Hall–Kier alpha value is -1.69. The summed E-state index contributed by atoms with van der Waals surface area (Å²) in [7, 11) is 0. The number of carbonyl (C=O) groups is 1. The third-order valence-corrected chi connectivity index (χ3v) is 3.04. The summed E-state index contributed by atoms with van der Waals surface area (Å²) < 4.78 is 0. The first-order chi connectivity index (χ1) is 9.29. The smallest absolute Gasteiger partial charge is 0.254 e. The molecule has 0 aromatic carbocycles. The second-order valence-electron chi connectivity index (χ2n) is 5.27. The van der Waals surface area contributed by atoms with Crippen molar-refractivity contribution in [1.82, 2.24) is 15.3 Å². The number of aromatic amines is 1. The highest BCUT2D eigenvalue weighted by atomic mass is 16.3. The first-order valence-corrected chi connectivity index (χ1v) is 6.83. The van der Waals surface area contributed by atoms with Gasteiger partial charge in [-0.15, -0.1) is 0 Å². The third kappa shape index (κ3) is 5.13. The van der Waals surface area contributed by atoms with Crippen molar-refractivity contribution < 1.29 is 9.90 Å². The van der Waals surface area contributed by atoms with Gasteiger partial charge in [-0.3, -0.25) is 9.59 Å². The molecule has 2 unspecified atom stereocenters. The molecule has 0 saturated heterocycles. The predicted molar refractivity (Wildman–Crippen MR) is 76.6 cm³/mol. The van der Waals surface area contributed by atoms with Crippen LogP contribution in [0.4, 0.5) is 0 Å². The summed E-state index contributed by atoms with van der Waals surface area (Å²) >= 11 is 0. The van der Waals surface area contributed by atoms with E-state index in [4.69, 9.17) is 0 Å². The van der Waals surface area contributed by atoms with Crippen molar-refractivity contribution in [3.05, 3.63) is 27.4 Å². The first-order valence-electron chi connectivity index (χ1n) is 6.83. The average Bonchev–Trinajstić information content (AvgIpc) is 2.25. The minimum Gasteiger partial charge on any atom is -0.393 e. The van der Waals surface area contributed by atoms with E-state index in [1.54, 1.807) is 20.8 Å². The quantitative estimate of drug-likeness (QED) is 0.711. The molecule has 0 spiro atoms. The van der Waals surface area contributed by atoms with E-state index < -0.39 is 6.10 Å². The van der Waals surface area contributed by atoms with Gasteiger partial charge in [0.25, 0.3) is 5.56 Å². The molecule has 2 atom stereocenters. The molecule has 20 heavy (non-hydrogen) atoms. The zero-order valence-electron chi connectivity index (χ0n) is 12.5. The number of aromatic nitrogens is 2. The fourth-order valence-electron chi connectivity index (χ4n) is 2.20. The van der Waals surface area contributed by atoms with E-state index in [2.05, 4.69) is 15.3 Å². The number of nitrogens with one attached hydrogen (secondary N) is 2. The Morgan fingerprint density at radius 2 is 2.05 bits per heavy atom. The fraction of sp³-hybridized carbons (Fsp3) is 0.643. The van der Waals surface area contributed by atoms with Gasteiger partial charge in [0.05, 0.1) is 6.10 Å². The number of amides is 1. The van der Waals surface area contributed by atoms with E-state index >= 15 is 0 Å². The van der Waals surface area contributed by atoms with Crippen molar-refractivity contribution >= 4 is 5.91 Å². The van der Waals surface area contributed by atoms with Crippen LogP contribution >= 0.6 is 0 Å². The van der Waals surface area contributed by atoms with E-state index in [0.717, 1.165) is 0 Å². The molecule has 0 aliphatic carbocycles. The van der Waals surface area contributed by atoms with Crippen LogP contribution in [0.25, 0.3) is 0 Å². The van der Waals surface area contributed by atoms with E-state index in [0.29, 0.717) is 29.9 Å². The van der Waals surface area contributed by atoms with E-state index in [1.807, 2.05) is 6.92 Å². The van der Waals surface area contributed by atoms with Crippen molar-refractivity contribution in [1.29, 1.82) is 0 Å². The molecule has 0 fully saturated rings. The average molecular weight is 281 g/mol. The lowest BCUT2D eigenvalue weighted by Gasteiger charge is -2.15. The molecule has 0 aliphatic rings. The number of rotatable bonds is 6. The van der Waals surface area contributed by atoms with Crippen LogP contribution in [0.3, 0.4) is 0 Å². The number of aryl methyl sites for hydroxylation is 2. The normalized spacial score (nSPS) is 13.8. The molecule has 0 aliphatic heterocycles. The van der Waals surface area contributed by atoms with Crippen LogP contribution in [0.5, 0.6) is 0 Å². The molecular weight excluding hydrogens is 258 g/mol. The Morgan fingerprint density at radius 1 is 1.40 bits per heavy atom. The predicted octanol–water partition coefficient (Wildman–Crippen LogP) is 0.595. The number of carbonyl (C=O) groups excluding carboxylic acids is 1. The van der Waals surface area contributed by atoms with Crippen molar-refractivity contribution in [2.75, 3.05) is 0 Å². The summed E-state index contributed by atoms with van der Waals surface area (Å²) in [6.07, 6.45) is 0.662. The molecule has 0 bridgehead atoms. The number of hydrogen-bond donors (Lipinski definition) is 3. The van der Waals surface area contributed by atoms with Gasteiger partial charge in [-0.2, -0.15) is 0 Å². The summed E-state index contributed by atoms with van der Waals surface area (Å²) in [6.45, 7) is 7.02. The van der Waals surface area contributed by atoms with Crippen LogP contribution in [0.2, 0.25) is 0 Å². The number of nitrogens with zero attached hydrogens (tertiary/aromatic N) is 1. The van der Waals surface area contributed by atoms with Gasteiger partial charge < -0.3 is 15.4 Å². The van der Waals surface area contributed by atoms with Crippen LogP contribution in [-0.4, -0.2) is 33.1 Å². The van der Waals surface area contributed by atoms with Crippen molar-refractivity contribution in [3.8, 4) is 0 Å². The molecule has 112 valence electrons. The van der Waals surface area contributed by atoms with Gasteiger partial charge in [-0.25, -0.2) is 4.98 Å². The monoisotopic (exact) mass is 281 g/mol. The number of aliphatic hydroxyl groups is 1. The summed E-state index contributed by atoms with van der Waals surface area (Å²) in [4.78, 5) is 30.4. The molecule has 6 heteroatoms. The van der Waals surface area contributed by atoms with Crippen molar-refractivity contribution in [3.63, 3.8) is 0 Å². The van der Waals surface area contributed by atoms with E-state index in [9.17, 15) is 14.7 Å². The number of hydrogen-bond acceptors (Lipinski definition) is 4. The third-order valence-electron chi connectivity index (χ3n) is 3.04. The van der Waals surface area contributed by atoms with Gasteiger partial charge >= 0.3 is 0 Å². The molecule has 0 radical (unpaired) electrons. The number of aliphatic hydroxyl groups excluding tert-OH is 1. The molecule has 1 heterocycles. The van der Waals surface area contributed by atoms with Crippen LogP contribution in [0.1, 0.15) is 43.8 Å². The molecule has 1 aromatic heterocycles. The summed E-state index contributed by atoms with van der Waals surface area (Å²) in [5.74, 6) is 0.448. The summed E-state index contributed by atoms with van der Waals surface area (Å²) in [6, 6.07) is -0.0852. The second-order valence-corrected chi connectivity index (χ2v) is 5.27. The molecule has 1 aromatic rings. The van der Waals surface area contributed by atoms with Gasteiger partial charge in [0.2, 0.25) is 5.91 Å². The van der Waals surface area contributed by atoms with Gasteiger partial charge in [0.15, 0.2) is 0 Å². The summed E-state index contributed by atoms with van der Waals surface area (Å²) in [5.41, 5.74) is 1.03. The van der Waals surface area contributed by atoms with Crippen molar-refractivity contribution in [2.24, 2.45) is 0 Å². The molecule has 3 N–H and O–H groups in total. The highest BCUT2D eigenvalue weighted by Gasteiger charge is 2.12. The molecule has 1 amide bonds. The van der Waals surface area contributed by atoms with Crippen LogP contribution in [0.15, 0.2) is 4.79 Å². The van der Waals surface area contributed by atoms with E-state index in [-0.39, 0.29) is 23.9 Å². The largest absolute Gasteiger partial charge is 0.393 e. The summed E-state index contributed by atoms with van der Waals surface area (Å²) in [5, 5.41) is 12.0. The maximum atomic E-state index is 11.8. The topological polar surface area (TPSA) is 95.1 Å². The van der Waals surface area contributed by atoms with Gasteiger partial charge in [0.1, 0.15) is 5.82 Å². The van der Waals surface area contributed by atoms with Crippen molar-refractivity contribution in [2.45, 2.75) is 59.1 Å². The zero-order valence-corrected chi connectivity index (χ0v) is 12.5. The Bertz CT molecular complexity index is 523. The lowest BCUT2D eigenvalue weighted by molar-refractivity contribution is -0.121. The van der Waals surface area contributed by atoms with Crippen LogP contribution in [-0.2, 0) is 11.2 Å². The SMILES string of the molecule is Cc1nc(C)c(CCC(=O)NC(C)CC(C)O)c(=O)[nH]1. The minimum absolute atomic E-state index is 0.0852. The highest BCUT2D eigenvalue weighted by molar-refractivity contribution is 5.76. The molecular formula is C14H23N3O3. The minimum atomic E-state index is -0.448. The standard InChI is InChI=1S/C14H23N3O3/c1-8(7-9(2)18)15-13(19)6-5-12-10(3)16-11(4)17-14(12)20/h8-9,18H,5-7H2,1-4H3,(H,15,19)(H,16,17,20). The Balaban J connectivity index is 2.56. The van der Waals surface area contributed by atoms with Gasteiger partial charge in [-0.1, -0.05) is 0 Å². The molecule has 6 nitrogen and oxygen atoms in total. The molecule has 1 rings (SSSR count). The van der Waals surface area contributed by atoms with E-state index in [1.165, 1.54) is 0 Å². The van der Waals surface area contributed by atoms with Crippen LogP contribution < -0.4 is 10.9 Å². The number of H-pyrrole nitrogens is 1. The maximum Gasteiger partial charge on any atom is 0.254 e. The fourth-order valence-corrected chi connectivity index (χ4v) is 2.20. The Kier molecular flexibility index (Phi) is 5.88. The highest BCUT2D eigenvalue weighted by Crippen LogP contribution is 2.03. The Morgan fingerprint density at radius 3 is 2.60 bits per heavy atom. The Labute approximate surface area is 118 Å². The first kappa shape index (κ1) is 16.4. The lowest BCUT2D eigenvalue weighted by atomic mass is 10.1. The zero-order chi connectivity index (χ0) is 15.3. The lowest BCUT2D eigenvalue weighted by Crippen LogP contribution is -2.35. The molecule has 0 saturated carbocycles.